The number of halogens is 1. The molecule has 0 radical (unpaired) electrons. The molecule has 0 bridgehead atoms. The Labute approximate surface area is 140 Å². The van der Waals surface area contributed by atoms with Crippen LogP contribution < -0.4 is 10.6 Å². The van der Waals surface area contributed by atoms with Gasteiger partial charge in [0.1, 0.15) is 0 Å². The molecular weight excluding hydrogens is 377 g/mol. The molecule has 1 aliphatic heterocycles. The van der Waals surface area contributed by atoms with Crippen molar-refractivity contribution in [1.29, 1.82) is 0 Å². The Hall–Kier alpha value is -0.660. The van der Waals surface area contributed by atoms with Crippen LogP contribution in [0.25, 0.3) is 0 Å². The minimum absolute atomic E-state index is 0.0781. The number of likely N-dealkylation sites (tertiary alicyclic amines) is 1. The van der Waals surface area contributed by atoms with Crippen molar-refractivity contribution in [1.82, 2.24) is 10.2 Å². The Morgan fingerprint density at radius 2 is 2.00 bits per heavy atom. The molecule has 1 amide bonds. The van der Waals surface area contributed by atoms with E-state index in [1.54, 1.807) is 0 Å². The lowest BCUT2D eigenvalue weighted by molar-refractivity contribution is -0.117. The Balaban J connectivity index is 1.76. The molecular formula is C16H24IN3O. The lowest BCUT2D eigenvalue weighted by Gasteiger charge is -2.33. The molecule has 1 aromatic carbocycles. The van der Waals surface area contributed by atoms with Crippen molar-refractivity contribution in [3.8, 4) is 0 Å². The van der Waals surface area contributed by atoms with Crippen LogP contribution in [-0.4, -0.2) is 42.5 Å². The normalized spacial score (nSPS) is 17.1. The number of nitrogens with zero attached hydrogens (tertiary/aromatic N) is 1. The maximum Gasteiger partial charge on any atom is 0.238 e. The van der Waals surface area contributed by atoms with Crippen molar-refractivity contribution in [3.05, 3.63) is 27.8 Å². The highest BCUT2D eigenvalue weighted by Gasteiger charge is 2.21. The van der Waals surface area contributed by atoms with E-state index in [2.05, 4.69) is 52.0 Å². The van der Waals surface area contributed by atoms with Gasteiger partial charge in [0.15, 0.2) is 0 Å². The number of nitrogens with one attached hydrogen (secondary N) is 2. The minimum atomic E-state index is 0.0781. The number of amides is 1. The van der Waals surface area contributed by atoms with Crippen LogP contribution in [0.5, 0.6) is 0 Å². The predicted octanol–water partition coefficient (Wildman–Crippen LogP) is 2.69. The summed E-state index contributed by atoms with van der Waals surface area (Å²) < 4.78 is 1.07. The van der Waals surface area contributed by atoms with Gasteiger partial charge in [0.25, 0.3) is 0 Å². The molecule has 5 heteroatoms. The summed E-state index contributed by atoms with van der Waals surface area (Å²) in [5.74, 6) is 0.0781. The van der Waals surface area contributed by atoms with E-state index >= 15 is 0 Å². The van der Waals surface area contributed by atoms with E-state index in [9.17, 15) is 4.79 Å². The molecule has 0 aromatic heterocycles. The quantitative estimate of drug-likeness (QED) is 0.746. The van der Waals surface area contributed by atoms with E-state index in [0.29, 0.717) is 18.6 Å². The van der Waals surface area contributed by atoms with Crippen molar-refractivity contribution >= 4 is 34.2 Å². The minimum Gasteiger partial charge on any atom is -0.324 e. The molecule has 1 saturated heterocycles. The number of piperidine rings is 1. The van der Waals surface area contributed by atoms with E-state index in [0.717, 1.165) is 35.2 Å². The van der Waals surface area contributed by atoms with Crippen LogP contribution in [0.2, 0.25) is 0 Å². The summed E-state index contributed by atoms with van der Waals surface area (Å²) in [7, 11) is 0. The van der Waals surface area contributed by atoms with Gasteiger partial charge in [0.05, 0.1) is 12.2 Å². The van der Waals surface area contributed by atoms with Crippen LogP contribution in [0.15, 0.2) is 24.3 Å². The number of anilines is 1. The average Bonchev–Trinajstić information content (AvgIpc) is 2.43. The van der Waals surface area contributed by atoms with Gasteiger partial charge in [-0.15, -0.1) is 0 Å². The van der Waals surface area contributed by atoms with Crippen LogP contribution in [0.1, 0.15) is 26.7 Å². The lowest BCUT2D eigenvalue weighted by atomic mass is 10.0. The Kier molecular flexibility index (Phi) is 6.44. The van der Waals surface area contributed by atoms with Crippen LogP contribution in [0.4, 0.5) is 5.69 Å². The molecule has 1 fully saturated rings. The van der Waals surface area contributed by atoms with E-state index in [1.165, 1.54) is 0 Å². The molecule has 2 N–H and O–H groups in total. The molecule has 0 saturated carbocycles. The summed E-state index contributed by atoms with van der Waals surface area (Å²) >= 11 is 2.24. The maximum atomic E-state index is 12.1. The fraction of sp³-hybridized carbons (Fsp3) is 0.562. The van der Waals surface area contributed by atoms with Gasteiger partial charge in [-0.2, -0.15) is 0 Å². The van der Waals surface area contributed by atoms with E-state index in [-0.39, 0.29) is 5.91 Å². The van der Waals surface area contributed by atoms with Crippen molar-refractivity contribution in [2.45, 2.75) is 38.8 Å². The van der Waals surface area contributed by atoms with Crippen molar-refractivity contribution < 1.29 is 4.79 Å². The molecule has 4 nitrogen and oxygen atoms in total. The van der Waals surface area contributed by atoms with E-state index in [1.807, 2.05) is 24.3 Å². The van der Waals surface area contributed by atoms with Gasteiger partial charge in [0.2, 0.25) is 5.91 Å². The summed E-state index contributed by atoms with van der Waals surface area (Å²) in [6.45, 7) is 6.83. The molecule has 1 aromatic rings. The van der Waals surface area contributed by atoms with Crippen LogP contribution in [0.3, 0.4) is 0 Å². The molecule has 21 heavy (non-hydrogen) atoms. The second kappa shape index (κ2) is 8.10. The maximum absolute atomic E-state index is 12.1. The third-order valence-electron chi connectivity index (χ3n) is 3.67. The Bertz CT molecular complexity index is 470. The predicted molar refractivity (Wildman–Crippen MR) is 95.5 cm³/mol. The summed E-state index contributed by atoms with van der Waals surface area (Å²) in [6, 6.07) is 8.99. The SMILES string of the molecule is CC(C)NC1CCN(CC(=O)Nc2ccccc2I)CC1. The van der Waals surface area contributed by atoms with Crippen LogP contribution in [-0.2, 0) is 4.79 Å². The topological polar surface area (TPSA) is 44.4 Å². The third kappa shape index (κ3) is 5.56. The zero-order valence-corrected chi connectivity index (χ0v) is 14.9. The Morgan fingerprint density at radius 3 is 2.62 bits per heavy atom. The summed E-state index contributed by atoms with van der Waals surface area (Å²) in [5.41, 5.74) is 0.902. The summed E-state index contributed by atoms with van der Waals surface area (Å²) in [5, 5.41) is 6.57. The molecule has 116 valence electrons. The molecule has 0 aliphatic carbocycles. The van der Waals surface area contributed by atoms with E-state index in [4.69, 9.17) is 0 Å². The fourth-order valence-corrected chi connectivity index (χ4v) is 3.21. The zero-order chi connectivity index (χ0) is 15.2. The van der Waals surface area contributed by atoms with Crippen molar-refractivity contribution in [2.75, 3.05) is 25.0 Å². The molecule has 0 spiro atoms. The first-order chi connectivity index (χ1) is 10.0. The molecule has 1 heterocycles. The van der Waals surface area contributed by atoms with Gasteiger partial charge < -0.3 is 10.6 Å². The van der Waals surface area contributed by atoms with E-state index < -0.39 is 0 Å². The number of hydrogen-bond acceptors (Lipinski definition) is 3. The fourth-order valence-electron chi connectivity index (χ4n) is 2.68. The number of hydrogen-bond donors (Lipinski definition) is 2. The van der Waals surface area contributed by atoms with Gasteiger partial charge in [0, 0.05) is 28.7 Å². The number of para-hydroxylation sites is 1. The smallest absolute Gasteiger partial charge is 0.238 e. The molecule has 2 rings (SSSR count). The summed E-state index contributed by atoms with van der Waals surface area (Å²) in [6.07, 6.45) is 2.24. The van der Waals surface area contributed by atoms with Crippen molar-refractivity contribution in [3.63, 3.8) is 0 Å². The standard InChI is InChI=1S/C16H24IN3O/c1-12(2)18-13-7-9-20(10-8-13)11-16(21)19-15-6-4-3-5-14(15)17/h3-6,12-13,18H,7-11H2,1-2H3,(H,19,21). The number of rotatable bonds is 5. The largest absolute Gasteiger partial charge is 0.324 e. The number of benzene rings is 1. The van der Waals surface area contributed by atoms with Crippen LogP contribution >= 0.6 is 22.6 Å². The van der Waals surface area contributed by atoms with Gasteiger partial charge in [-0.3, -0.25) is 9.69 Å². The monoisotopic (exact) mass is 401 g/mol. The molecule has 1 aliphatic rings. The first-order valence-electron chi connectivity index (χ1n) is 7.57. The average molecular weight is 401 g/mol. The van der Waals surface area contributed by atoms with Crippen molar-refractivity contribution in [2.24, 2.45) is 0 Å². The first-order valence-corrected chi connectivity index (χ1v) is 8.65. The number of carbonyl (C=O) groups excluding carboxylic acids is 1. The lowest BCUT2D eigenvalue weighted by Crippen LogP contribution is -2.46. The number of carbonyl (C=O) groups is 1. The first kappa shape index (κ1) is 16.7. The third-order valence-corrected chi connectivity index (χ3v) is 4.61. The second-order valence-corrected chi connectivity index (χ2v) is 7.06. The zero-order valence-electron chi connectivity index (χ0n) is 12.7. The second-order valence-electron chi connectivity index (χ2n) is 5.90. The molecule has 0 atom stereocenters. The van der Waals surface area contributed by atoms with Crippen LogP contribution in [0, 0.1) is 3.57 Å². The van der Waals surface area contributed by atoms with Gasteiger partial charge in [-0.05, 0) is 47.6 Å². The highest BCUT2D eigenvalue weighted by molar-refractivity contribution is 14.1. The van der Waals surface area contributed by atoms with Gasteiger partial charge >= 0.3 is 0 Å². The van der Waals surface area contributed by atoms with Gasteiger partial charge in [-0.1, -0.05) is 26.0 Å². The highest BCUT2D eigenvalue weighted by atomic mass is 127. The molecule has 0 unspecified atom stereocenters. The Morgan fingerprint density at radius 1 is 1.33 bits per heavy atom. The van der Waals surface area contributed by atoms with Gasteiger partial charge in [-0.25, -0.2) is 0 Å². The summed E-state index contributed by atoms with van der Waals surface area (Å²) in [4.78, 5) is 14.4. The highest BCUT2D eigenvalue weighted by Crippen LogP contribution is 2.17.